The van der Waals surface area contributed by atoms with Crippen LogP contribution in [0.15, 0.2) is 18.2 Å². The van der Waals surface area contributed by atoms with E-state index in [4.69, 9.17) is 22.6 Å². The standard InChI is InChI=1S/C10H7ClN2/c11-10-6-8(7-13)3-4-9(10)2-1-5-12/h3-4,6H,5,12H2. The van der Waals surface area contributed by atoms with E-state index in [1.165, 1.54) is 0 Å². The summed E-state index contributed by atoms with van der Waals surface area (Å²) in [6.07, 6.45) is 0. The molecular weight excluding hydrogens is 184 g/mol. The third kappa shape index (κ3) is 2.49. The SMILES string of the molecule is N#Cc1ccc(C#CCN)c(Cl)c1. The number of halogens is 1. The smallest absolute Gasteiger partial charge is 0.0992 e. The zero-order chi connectivity index (χ0) is 9.68. The molecule has 0 spiro atoms. The number of hydrogen-bond donors (Lipinski definition) is 1. The number of nitrogens with zero attached hydrogens (tertiary/aromatic N) is 1. The van der Waals surface area contributed by atoms with Gasteiger partial charge in [0.05, 0.1) is 23.2 Å². The van der Waals surface area contributed by atoms with E-state index < -0.39 is 0 Å². The molecule has 0 radical (unpaired) electrons. The van der Waals surface area contributed by atoms with Crippen LogP contribution in [0.5, 0.6) is 0 Å². The zero-order valence-electron chi connectivity index (χ0n) is 6.84. The Labute approximate surface area is 81.9 Å². The van der Waals surface area contributed by atoms with Crippen LogP contribution >= 0.6 is 11.6 Å². The Morgan fingerprint density at radius 2 is 2.23 bits per heavy atom. The normalized spacial score (nSPS) is 8.38. The molecule has 0 bridgehead atoms. The van der Waals surface area contributed by atoms with Crippen LogP contribution in [-0.4, -0.2) is 6.54 Å². The number of nitriles is 1. The van der Waals surface area contributed by atoms with Crippen LogP contribution in [0.25, 0.3) is 0 Å². The summed E-state index contributed by atoms with van der Waals surface area (Å²) < 4.78 is 0. The lowest BCUT2D eigenvalue weighted by Crippen LogP contribution is -1.93. The summed E-state index contributed by atoms with van der Waals surface area (Å²) in [7, 11) is 0. The molecule has 0 amide bonds. The maximum absolute atomic E-state index is 8.56. The molecular formula is C10H7ClN2. The van der Waals surface area contributed by atoms with Gasteiger partial charge in [0, 0.05) is 5.56 Å². The van der Waals surface area contributed by atoms with Crippen molar-refractivity contribution in [1.29, 1.82) is 5.26 Å². The second kappa shape index (κ2) is 4.52. The average Bonchev–Trinajstić information content (AvgIpc) is 2.16. The summed E-state index contributed by atoms with van der Waals surface area (Å²) in [6, 6.07) is 6.96. The number of benzene rings is 1. The summed E-state index contributed by atoms with van der Waals surface area (Å²) in [5.74, 6) is 5.50. The van der Waals surface area contributed by atoms with E-state index in [0.29, 0.717) is 22.7 Å². The van der Waals surface area contributed by atoms with Gasteiger partial charge in [0.1, 0.15) is 0 Å². The first kappa shape index (κ1) is 9.61. The van der Waals surface area contributed by atoms with Crippen molar-refractivity contribution in [3.8, 4) is 17.9 Å². The minimum absolute atomic E-state index is 0.302. The summed E-state index contributed by atoms with van der Waals surface area (Å²) in [5.41, 5.74) is 6.44. The van der Waals surface area contributed by atoms with E-state index >= 15 is 0 Å². The van der Waals surface area contributed by atoms with Gasteiger partial charge in [-0.15, -0.1) is 0 Å². The number of hydrogen-bond acceptors (Lipinski definition) is 2. The number of nitrogens with two attached hydrogens (primary N) is 1. The molecule has 64 valence electrons. The summed E-state index contributed by atoms with van der Waals surface area (Å²) in [5, 5.41) is 9.05. The van der Waals surface area contributed by atoms with Crippen molar-refractivity contribution < 1.29 is 0 Å². The van der Waals surface area contributed by atoms with E-state index in [9.17, 15) is 0 Å². The van der Waals surface area contributed by atoms with E-state index in [2.05, 4.69) is 11.8 Å². The van der Waals surface area contributed by atoms with Gasteiger partial charge in [-0.1, -0.05) is 23.4 Å². The highest BCUT2D eigenvalue weighted by molar-refractivity contribution is 6.31. The van der Waals surface area contributed by atoms with Crippen LogP contribution in [-0.2, 0) is 0 Å². The van der Waals surface area contributed by atoms with Crippen LogP contribution in [0.2, 0.25) is 5.02 Å². The van der Waals surface area contributed by atoms with Crippen molar-refractivity contribution in [3.63, 3.8) is 0 Å². The van der Waals surface area contributed by atoms with E-state index in [1.54, 1.807) is 18.2 Å². The summed E-state index contributed by atoms with van der Waals surface area (Å²) >= 11 is 5.85. The fraction of sp³-hybridized carbons (Fsp3) is 0.100. The second-order valence-corrected chi connectivity index (χ2v) is 2.72. The third-order valence-corrected chi connectivity index (χ3v) is 1.74. The van der Waals surface area contributed by atoms with Crippen LogP contribution in [0.4, 0.5) is 0 Å². The van der Waals surface area contributed by atoms with E-state index in [-0.39, 0.29) is 0 Å². The van der Waals surface area contributed by atoms with Gasteiger partial charge in [0.25, 0.3) is 0 Å². The molecule has 13 heavy (non-hydrogen) atoms. The highest BCUT2D eigenvalue weighted by atomic mass is 35.5. The van der Waals surface area contributed by atoms with Crippen LogP contribution in [0, 0.1) is 23.2 Å². The first-order chi connectivity index (χ1) is 6.27. The molecule has 0 aromatic heterocycles. The monoisotopic (exact) mass is 190 g/mol. The van der Waals surface area contributed by atoms with Crippen molar-refractivity contribution in [2.75, 3.05) is 6.54 Å². The fourth-order valence-electron chi connectivity index (χ4n) is 0.832. The average molecular weight is 191 g/mol. The molecule has 0 aliphatic carbocycles. The van der Waals surface area contributed by atoms with Crippen LogP contribution in [0.3, 0.4) is 0 Å². The molecule has 3 heteroatoms. The lowest BCUT2D eigenvalue weighted by molar-refractivity contribution is 1.30. The molecule has 0 saturated heterocycles. The van der Waals surface area contributed by atoms with Crippen molar-refractivity contribution in [1.82, 2.24) is 0 Å². The molecule has 0 atom stereocenters. The maximum atomic E-state index is 8.56. The highest BCUT2D eigenvalue weighted by Gasteiger charge is 1.97. The largest absolute Gasteiger partial charge is 0.320 e. The lowest BCUT2D eigenvalue weighted by Gasteiger charge is -1.94. The first-order valence-corrected chi connectivity index (χ1v) is 4.04. The number of rotatable bonds is 0. The minimum atomic E-state index is 0.302. The highest BCUT2D eigenvalue weighted by Crippen LogP contribution is 2.16. The van der Waals surface area contributed by atoms with E-state index in [0.717, 1.165) is 0 Å². The summed E-state index contributed by atoms with van der Waals surface area (Å²) in [6.45, 7) is 0.302. The topological polar surface area (TPSA) is 49.8 Å². The molecule has 1 aromatic rings. The van der Waals surface area contributed by atoms with Gasteiger partial charge in [-0.2, -0.15) is 5.26 Å². The predicted octanol–water partition coefficient (Wildman–Crippen LogP) is 1.52. The molecule has 0 aliphatic heterocycles. The molecule has 0 fully saturated rings. The molecule has 1 aromatic carbocycles. The quantitative estimate of drug-likeness (QED) is 0.631. The predicted molar refractivity (Wildman–Crippen MR) is 52.1 cm³/mol. The molecule has 0 unspecified atom stereocenters. The van der Waals surface area contributed by atoms with Gasteiger partial charge in [0.15, 0.2) is 0 Å². The van der Waals surface area contributed by atoms with Crippen molar-refractivity contribution in [2.24, 2.45) is 5.73 Å². The Morgan fingerprint density at radius 3 is 2.77 bits per heavy atom. The molecule has 2 nitrogen and oxygen atoms in total. The molecule has 0 heterocycles. The first-order valence-electron chi connectivity index (χ1n) is 3.66. The Hall–Kier alpha value is -1.48. The van der Waals surface area contributed by atoms with Gasteiger partial charge in [-0.25, -0.2) is 0 Å². The molecule has 2 N–H and O–H groups in total. The van der Waals surface area contributed by atoms with Gasteiger partial charge in [0.2, 0.25) is 0 Å². The van der Waals surface area contributed by atoms with E-state index in [1.807, 2.05) is 6.07 Å². The zero-order valence-corrected chi connectivity index (χ0v) is 7.60. The van der Waals surface area contributed by atoms with Gasteiger partial charge in [-0.3, -0.25) is 0 Å². The second-order valence-electron chi connectivity index (χ2n) is 2.31. The lowest BCUT2D eigenvalue weighted by atomic mass is 10.1. The van der Waals surface area contributed by atoms with Crippen LogP contribution < -0.4 is 5.73 Å². The maximum Gasteiger partial charge on any atom is 0.0992 e. The van der Waals surface area contributed by atoms with Crippen molar-refractivity contribution >= 4 is 11.6 Å². The van der Waals surface area contributed by atoms with Gasteiger partial charge < -0.3 is 5.73 Å². The third-order valence-electron chi connectivity index (χ3n) is 1.42. The molecule has 0 aliphatic rings. The van der Waals surface area contributed by atoms with Gasteiger partial charge in [-0.05, 0) is 18.2 Å². The molecule has 0 saturated carbocycles. The Bertz CT molecular complexity index is 407. The Balaban J connectivity index is 3.07. The van der Waals surface area contributed by atoms with Crippen LogP contribution in [0.1, 0.15) is 11.1 Å². The van der Waals surface area contributed by atoms with Crippen molar-refractivity contribution in [2.45, 2.75) is 0 Å². The van der Waals surface area contributed by atoms with Crippen molar-refractivity contribution in [3.05, 3.63) is 34.3 Å². The summed E-state index contributed by atoms with van der Waals surface area (Å²) in [4.78, 5) is 0. The Morgan fingerprint density at radius 1 is 1.46 bits per heavy atom. The fourth-order valence-corrected chi connectivity index (χ4v) is 1.06. The minimum Gasteiger partial charge on any atom is -0.320 e. The Kier molecular flexibility index (Phi) is 3.34. The van der Waals surface area contributed by atoms with Gasteiger partial charge >= 0.3 is 0 Å². The molecule has 1 rings (SSSR count).